The first-order valence-electron chi connectivity index (χ1n) is 10.9. The molecule has 4 rings (SSSR count). The molecular weight excluding hydrogens is 410 g/mol. The molecule has 0 saturated carbocycles. The highest BCUT2D eigenvalue weighted by atomic mass is 16.5. The van der Waals surface area contributed by atoms with Gasteiger partial charge in [-0.1, -0.05) is 26.0 Å². The van der Waals surface area contributed by atoms with Gasteiger partial charge in [-0.2, -0.15) is 0 Å². The first-order chi connectivity index (χ1) is 15.3. The number of hydrogen-bond acceptors (Lipinski definition) is 6. The van der Waals surface area contributed by atoms with Crippen molar-refractivity contribution >= 4 is 16.9 Å². The van der Waals surface area contributed by atoms with Crippen LogP contribution in [-0.2, 0) is 14.9 Å². The summed E-state index contributed by atoms with van der Waals surface area (Å²) in [4.78, 5) is 33.5. The van der Waals surface area contributed by atoms with Crippen LogP contribution in [0.25, 0.3) is 11.0 Å². The molecule has 2 aromatic heterocycles. The maximum Gasteiger partial charge on any atom is 0.227 e. The summed E-state index contributed by atoms with van der Waals surface area (Å²) >= 11 is 0. The van der Waals surface area contributed by atoms with Gasteiger partial charge in [-0.15, -0.1) is 0 Å². The molecule has 1 saturated heterocycles. The highest BCUT2D eigenvalue weighted by molar-refractivity contribution is 5.79. The molecule has 1 atom stereocenters. The van der Waals surface area contributed by atoms with Crippen LogP contribution < -0.4 is 10.7 Å². The van der Waals surface area contributed by atoms with Gasteiger partial charge in [-0.05, 0) is 37.8 Å². The predicted molar refractivity (Wildman–Crippen MR) is 120 cm³/mol. The number of imidazole rings is 1. The number of aryl methyl sites for hydroxylation is 1. The Morgan fingerprint density at radius 3 is 2.69 bits per heavy atom. The van der Waals surface area contributed by atoms with Crippen molar-refractivity contribution in [2.45, 2.75) is 51.5 Å². The molecule has 0 bridgehead atoms. The topological polar surface area (TPSA) is 117 Å². The molecule has 1 aromatic carbocycles. The van der Waals surface area contributed by atoms with Crippen LogP contribution in [0.3, 0.4) is 0 Å². The van der Waals surface area contributed by atoms with E-state index in [4.69, 9.17) is 9.15 Å². The first-order valence-corrected chi connectivity index (χ1v) is 10.9. The lowest BCUT2D eigenvalue weighted by Gasteiger charge is -2.36. The fourth-order valence-corrected chi connectivity index (χ4v) is 4.41. The Morgan fingerprint density at radius 2 is 2.00 bits per heavy atom. The van der Waals surface area contributed by atoms with E-state index in [1.807, 2.05) is 38.1 Å². The number of aromatic amines is 1. The van der Waals surface area contributed by atoms with Gasteiger partial charge in [0.15, 0.2) is 5.76 Å². The number of H-pyrrole nitrogens is 1. The molecule has 1 amide bonds. The molecule has 0 spiro atoms. The van der Waals surface area contributed by atoms with Gasteiger partial charge in [0.2, 0.25) is 17.1 Å². The van der Waals surface area contributed by atoms with Crippen molar-refractivity contribution in [3.8, 4) is 5.75 Å². The number of nitrogens with zero attached hydrogens (tertiary/aromatic N) is 1. The molecule has 170 valence electrons. The van der Waals surface area contributed by atoms with Crippen LogP contribution in [0.4, 0.5) is 0 Å². The van der Waals surface area contributed by atoms with E-state index in [9.17, 15) is 14.7 Å². The number of aromatic hydroxyl groups is 1. The molecule has 3 heterocycles. The number of nitrogens with one attached hydrogen (secondary N) is 2. The number of benzene rings is 1. The molecule has 3 aromatic rings. The smallest absolute Gasteiger partial charge is 0.227 e. The van der Waals surface area contributed by atoms with E-state index in [0.717, 1.165) is 11.0 Å². The minimum atomic E-state index is -0.812. The normalized spacial score (nSPS) is 16.9. The highest BCUT2D eigenvalue weighted by Crippen LogP contribution is 2.41. The summed E-state index contributed by atoms with van der Waals surface area (Å²) in [7, 11) is 0. The predicted octanol–water partition coefficient (Wildman–Crippen LogP) is 3.48. The average molecular weight is 440 g/mol. The number of aromatic nitrogens is 2. The second kappa shape index (κ2) is 8.78. The molecule has 8 nitrogen and oxygen atoms in total. The molecular formula is C24H29N3O5. The zero-order valence-electron chi connectivity index (χ0n) is 18.6. The summed E-state index contributed by atoms with van der Waals surface area (Å²) in [6.07, 6.45) is 1.01. The first kappa shape index (κ1) is 22.1. The second-order valence-electron chi connectivity index (χ2n) is 8.90. The summed E-state index contributed by atoms with van der Waals surface area (Å²) in [5, 5.41) is 13.6. The maximum atomic E-state index is 13.3. The minimum absolute atomic E-state index is 0.0692. The van der Waals surface area contributed by atoms with Crippen LogP contribution >= 0.6 is 0 Å². The fraction of sp³-hybridized carbons (Fsp3) is 0.458. The number of carbonyl (C=O) groups is 1. The van der Waals surface area contributed by atoms with Gasteiger partial charge in [0.05, 0.1) is 17.1 Å². The second-order valence-corrected chi connectivity index (χ2v) is 8.90. The molecule has 32 heavy (non-hydrogen) atoms. The number of hydrogen-bond donors (Lipinski definition) is 3. The monoisotopic (exact) mass is 439 g/mol. The fourth-order valence-electron chi connectivity index (χ4n) is 4.41. The number of ether oxygens (including phenoxy) is 1. The molecule has 8 heteroatoms. The van der Waals surface area contributed by atoms with Crippen LogP contribution in [0.15, 0.2) is 39.5 Å². The number of para-hydroxylation sites is 2. The summed E-state index contributed by atoms with van der Waals surface area (Å²) in [6.45, 7) is 6.54. The zero-order chi connectivity index (χ0) is 22.9. The summed E-state index contributed by atoms with van der Waals surface area (Å²) < 4.78 is 11.3. The van der Waals surface area contributed by atoms with Crippen molar-refractivity contribution in [3.63, 3.8) is 0 Å². The minimum Gasteiger partial charge on any atom is -0.502 e. The quantitative estimate of drug-likeness (QED) is 0.541. The van der Waals surface area contributed by atoms with E-state index < -0.39 is 16.6 Å². The number of fused-ring (bicyclic) bond motifs is 1. The van der Waals surface area contributed by atoms with Crippen molar-refractivity contribution in [3.05, 3.63) is 57.9 Å². The van der Waals surface area contributed by atoms with Crippen molar-refractivity contribution in [1.29, 1.82) is 0 Å². The van der Waals surface area contributed by atoms with Gasteiger partial charge in [-0.25, -0.2) is 4.98 Å². The van der Waals surface area contributed by atoms with E-state index in [2.05, 4.69) is 15.3 Å². The van der Waals surface area contributed by atoms with Gasteiger partial charge < -0.3 is 24.6 Å². The third kappa shape index (κ3) is 4.27. The van der Waals surface area contributed by atoms with E-state index in [0.29, 0.717) is 37.6 Å². The number of rotatable bonds is 6. The van der Waals surface area contributed by atoms with Crippen molar-refractivity contribution in [2.24, 2.45) is 5.92 Å². The third-order valence-corrected chi connectivity index (χ3v) is 6.16. The van der Waals surface area contributed by atoms with Gasteiger partial charge in [0.1, 0.15) is 11.6 Å². The number of amides is 1. The Labute approximate surface area is 186 Å². The van der Waals surface area contributed by atoms with Crippen molar-refractivity contribution in [2.75, 3.05) is 13.2 Å². The zero-order valence-corrected chi connectivity index (χ0v) is 18.6. The number of carbonyl (C=O) groups excluding carboxylic acids is 1. The van der Waals surface area contributed by atoms with Gasteiger partial charge in [-0.3, -0.25) is 9.59 Å². The van der Waals surface area contributed by atoms with Crippen LogP contribution in [0.5, 0.6) is 5.75 Å². The Morgan fingerprint density at radius 1 is 1.28 bits per heavy atom. The van der Waals surface area contributed by atoms with Gasteiger partial charge >= 0.3 is 0 Å². The van der Waals surface area contributed by atoms with Crippen LogP contribution in [0.1, 0.15) is 56.5 Å². The van der Waals surface area contributed by atoms with E-state index in [1.165, 1.54) is 6.07 Å². The molecule has 3 N–H and O–H groups in total. The average Bonchev–Trinajstić information content (AvgIpc) is 3.18. The molecule has 0 radical (unpaired) electrons. The van der Waals surface area contributed by atoms with E-state index >= 15 is 0 Å². The lowest BCUT2D eigenvalue weighted by molar-refractivity contribution is -0.124. The SMILES string of the molecule is Cc1cc(=O)c(O)c(C2(CC(=O)NC(c3nc4ccccc4[nH]3)C(C)C)CCOCC2)o1. The lowest BCUT2D eigenvalue weighted by Crippen LogP contribution is -2.41. The lowest BCUT2D eigenvalue weighted by atomic mass is 9.74. The van der Waals surface area contributed by atoms with Crippen molar-refractivity contribution < 1.29 is 19.1 Å². The molecule has 1 aliphatic heterocycles. The van der Waals surface area contributed by atoms with E-state index in [-0.39, 0.29) is 30.0 Å². The standard InChI is InChI=1S/C24H29N3O5/c1-14(2)20(23-25-16-6-4-5-7-17(16)26-23)27-19(29)13-24(8-10-31-11-9-24)22-21(30)18(28)12-15(3)32-22/h4-7,12,14,20,30H,8-11,13H2,1-3H3,(H,25,26)(H,27,29). The van der Waals surface area contributed by atoms with Crippen LogP contribution in [0, 0.1) is 12.8 Å². The largest absolute Gasteiger partial charge is 0.502 e. The Hall–Kier alpha value is -3.13. The highest BCUT2D eigenvalue weighted by Gasteiger charge is 2.42. The van der Waals surface area contributed by atoms with Crippen LogP contribution in [0.2, 0.25) is 0 Å². The summed E-state index contributed by atoms with van der Waals surface area (Å²) in [5.74, 6) is 0.732. The Balaban J connectivity index is 1.62. The van der Waals surface area contributed by atoms with Crippen LogP contribution in [-0.4, -0.2) is 34.2 Å². The molecule has 1 fully saturated rings. The van der Waals surface area contributed by atoms with Gasteiger partial charge in [0, 0.05) is 31.1 Å². The molecule has 1 unspecified atom stereocenters. The van der Waals surface area contributed by atoms with E-state index in [1.54, 1.807) is 6.92 Å². The van der Waals surface area contributed by atoms with Gasteiger partial charge in [0.25, 0.3) is 0 Å². The molecule has 0 aliphatic carbocycles. The van der Waals surface area contributed by atoms with Crippen molar-refractivity contribution in [1.82, 2.24) is 15.3 Å². The third-order valence-electron chi connectivity index (χ3n) is 6.16. The Kier molecular flexibility index (Phi) is 6.06. The maximum absolute atomic E-state index is 13.3. The summed E-state index contributed by atoms with van der Waals surface area (Å²) in [6, 6.07) is 8.67. The Bertz CT molecular complexity index is 1140. The molecule has 1 aliphatic rings. The summed E-state index contributed by atoms with van der Waals surface area (Å²) in [5.41, 5.74) is 0.439.